The SMILES string of the molecule is COC(Cn1c(C(O)(c2ccccc2)c2ccccc2)nc2ccc(C)cc21)OC. The van der Waals surface area contributed by atoms with E-state index in [1.807, 2.05) is 84.3 Å². The molecule has 1 N–H and O–H groups in total. The van der Waals surface area contributed by atoms with Gasteiger partial charge in [0.05, 0.1) is 17.6 Å². The smallest absolute Gasteiger partial charge is 0.174 e. The van der Waals surface area contributed by atoms with Crippen molar-refractivity contribution in [2.45, 2.75) is 25.4 Å². The highest BCUT2D eigenvalue weighted by molar-refractivity contribution is 5.77. The van der Waals surface area contributed by atoms with E-state index in [1.54, 1.807) is 14.2 Å². The summed E-state index contributed by atoms with van der Waals surface area (Å²) in [5, 5.41) is 12.3. The van der Waals surface area contributed by atoms with Crippen LogP contribution in [0.3, 0.4) is 0 Å². The van der Waals surface area contributed by atoms with Crippen molar-refractivity contribution < 1.29 is 14.6 Å². The zero-order valence-corrected chi connectivity index (χ0v) is 17.4. The lowest BCUT2D eigenvalue weighted by molar-refractivity contribution is -0.111. The number of hydrogen-bond donors (Lipinski definition) is 1. The number of aliphatic hydroxyl groups is 1. The van der Waals surface area contributed by atoms with Crippen molar-refractivity contribution >= 4 is 11.0 Å². The molecular formula is C25H26N2O3. The maximum atomic E-state index is 12.3. The molecule has 0 saturated heterocycles. The lowest BCUT2D eigenvalue weighted by Gasteiger charge is -2.30. The molecule has 5 heteroatoms. The van der Waals surface area contributed by atoms with Crippen LogP contribution in [0.25, 0.3) is 11.0 Å². The van der Waals surface area contributed by atoms with Gasteiger partial charge in [-0.15, -0.1) is 0 Å². The summed E-state index contributed by atoms with van der Waals surface area (Å²) in [5.74, 6) is 0.527. The van der Waals surface area contributed by atoms with E-state index in [0.717, 1.165) is 27.7 Å². The molecule has 0 spiro atoms. The van der Waals surface area contributed by atoms with E-state index in [2.05, 4.69) is 6.07 Å². The molecule has 0 aliphatic carbocycles. The Morgan fingerprint density at radius 1 is 0.900 bits per heavy atom. The number of ether oxygens (including phenoxy) is 2. The molecule has 0 bridgehead atoms. The van der Waals surface area contributed by atoms with Gasteiger partial charge in [0.1, 0.15) is 0 Å². The Labute approximate surface area is 176 Å². The van der Waals surface area contributed by atoms with Crippen molar-refractivity contribution in [1.82, 2.24) is 9.55 Å². The first-order valence-electron chi connectivity index (χ1n) is 9.94. The third-order valence-corrected chi connectivity index (χ3v) is 5.47. The van der Waals surface area contributed by atoms with E-state index in [0.29, 0.717) is 12.4 Å². The number of benzene rings is 3. The third kappa shape index (κ3) is 3.52. The maximum absolute atomic E-state index is 12.3. The summed E-state index contributed by atoms with van der Waals surface area (Å²) in [5.41, 5.74) is 2.90. The summed E-state index contributed by atoms with van der Waals surface area (Å²) in [6.07, 6.45) is -0.475. The molecule has 5 nitrogen and oxygen atoms in total. The zero-order chi connectivity index (χ0) is 21.1. The van der Waals surface area contributed by atoms with Gasteiger partial charge in [0.25, 0.3) is 0 Å². The van der Waals surface area contributed by atoms with Crippen molar-refractivity contribution in [2.24, 2.45) is 0 Å². The number of fused-ring (bicyclic) bond motifs is 1. The second-order valence-electron chi connectivity index (χ2n) is 7.38. The molecule has 4 aromatic rings. The molecule has 0 fully saturated rings. The molecular weight excluding hydrogens is 376 g/mol. The quantitative estimate of drug-likeness (QED) is 0.470. The first kappa shape index (κ1) is 20.3. The second kappa shape index (κ2) is 8.40. The van der Waals surface area contributed by atoms with Gasteiger partial charge in [0.2, 0.25) is 0 Å². The third-order valence-electron chi connectivity index (χ3n) is 5.47. The molecule has 0 radical (unpaired) electrons. The lowest BCUT2D eigenvalue weighted by Crippen LogP contribution is -2.34. The van der Waals surface area contributed by atoms with E-state index >= 15 is 0 Å². The number of nitrogens with zero attached hydrogens (tertiary/aromatic N) is 2. The number of imidazole rings is 1. The van der Waals surface area contributed by atoms with Crippen molar-refractivity contribution in [3.63, 3.8) is 0 Å². The van der Waals surface area contributed by atoms with Crippen LogP contribution in [0, 0.1) is 6.92 Å². The Morgan fingerprint density at radius 2 is 1.47 bits per heavy atom. The topological polar surface area (TPSA) is 56.5 Å². The minimum absolute atomic E-state index is 0.393. The first-order chi connectivity index (χ1) is 14.6. The Hall–Kier alpha value is -2.99. The predicted octanol–water partition coefficient (Wildman–Crippen LogP) is 4.25. The van der Waals surface area contributed by atoms with Gasteiger partial charge in [-0.1, -0.05) is 66.7 Å². The standard InChI is InChI=1S/C25H26N2O3/c1-18-14-15-21-22(16-18)27(17-23(29-2)30-3)24(26-21)25(28,19-10-6-4-7-11-19)20-12-8-5-9-13-20/h4-16,23,28H,17H2,1-3H3. The molecule has 30 heavy (non-hydrogen) atoms. The van der Waals surface area contributed by atoms with Crippen LogP contribution in [0.5, 0.6) is 0 Å². The molecule has 3 aromatic carbocycles. The molecule has 0 amide bonds. The average Bonchev–Trinajstić information content (AvgIpc) is 3.15. The minimum atomic E-state index is -1.44. The van der Waals surface area contributed by atoms with Crippen LogP contribution in [0.4, 0.5) is 0 Å². The van der Waals surface area contributed by atoms with Crippen LogP contribution in [-0.2, 0) is 21.6 Å². The summed E-state index contributed by atoms with van der Waals surface area (Å²) < 4.78 is 13.0. The number of rotatable bonds is 7. The fourth-order valence-corrected chi connectivity index (χ4v) is 3.87. The minimum Gasteiger partial charge on any atom is -0.373 e. The normalized spacial score (nSPS) is 12.0. The van der Waals surface area contributed by atoms with Crippen LogP contribution in [0.15, 0.2) is 78.9 Å². The highest BCUT2D eigenvalue weighted by Crippen LogP contribution is 2.38. The number of hydrogen-bond acceptors (Lipinski definition) is 4. The first-order valence-corrected chi connectivity index (χ1v) is 9.94. The van der Waals surface area contributed by atoms with Gasteiger partial charge in [0.15, 0.2) is 17.7 Å². The van der Waals surface area contributed by atoms with Crippen LogP contribution in [0.1, 0.15) is 22.5 Å². The fourth-order valence-electron chi connectivity index (χ4n) is 3.87. The van der Waals surface area contributed by atoms with E-state index in [4.69, 9.17) is 14.5 Å². The molecule has 1 aromatic heterocycles. The highest BCUT2D eigenvalue weighted by atomic mass is 16.7. The highest BCUT2D eigenvalue weighted by Gasteiger charge is 2.39. The molecule has 0 unspecified atom stereocenters. The van der Waals surface area contributed by atoms with E-state index in [9.17, 15) is 5.11 Å². The fraction of sp³-hybridized carbons (Fsp3) is 0.240. The maximum Gasteiger partial charge on any atom is 0.174 e. The summed E-state index contributed by atoms with van der Waals surface area (Å²) in [7, 11) is 3.22. The van der Waals surface area contributed by atoms with Crippen LogP contribution < -0.4 is 0 Å². The zero-order valence-electron chi connectivity index (χ0n) is 17.4. The molecule has 154 valence electrons. The van der Waals surface area contributed by atoms with Gasteiger partial charge >= 0.3 is 0 Å². The molecule has 0 aliphatic rings. The van der Waals surface area contributed by atoms with Gasteiger partial charge in [0, 0.05) is 14.2 Å². The van der Waals surface area contributed by atoms with Gasteiger partial charge in [-0.3, -0.25) is 0 Å². The molecule has 0 saturated carbocycles. The number of aromatic nitrogens is 2. The number of methoxy groups -OCH3 is 2. The summed E-state index contributed by atoms with van der Waals surface area (Å²) in [6, 6.07) is 25.3. The van der Waals surface area contributed by atoms with E-state index in [-0.39, 0.29) is 0 Å². The van der Waals surface area contributed by atoms with Gasteiger partial charge in [-0.25, -0.2) is 4.98 Å². The Kier molecular flexibility index (Phi) is 5.68. The van der Waals surface area contributed by atoms with Crippen LogP contribution in [-0.4, -0.2) is 35.2 Å². The van der Waals surface area contributed by atoms with Crippen molar-refractivity contribution in [3.8, 4) is 0 Å². The number of aryl methyl sites for hydroxylation is 1. The molecule has 0 atom stereocenters. The monoisotopic (exact) mass is 402 g/mol. The summed E-state index contributed by atoms with van der Waals surface area (Å²) in [6.45, 7) is 2.44. The van der Waals surface area contributed by atoms with Gasteiger partial charge < -0.3 is 19.1 Å². The Bertz CT molecular complexity index is 1080. The Balaban J connectivity index is 2.03. The van der Waals surface area contributed by atoms with E-state index in [1.165, 1.54) is 0 Å². The van der Waals surface area contributed by atoms with Crippen molar-refractivity contribution in [3.05, 3.63) is 101 Å². The molecule has 4 rings (SSSR count). The average molecular weight is 402 g/mol. The summed E-state index contributed by atoms with van der Waals surface area (Å²) in [4.78, 5) is 4.90. The molecule has 1 heterocycles. The Morgan fingerprint density at radius 3 is 2.00 bits per heavy atom. The van der Waals surface area contributed by atoms with Crippen molar-refractivity contribution in [1.29, 1.82) is 0 Å². The van der Waals surface area contributed by atoms with Crippen LogP contribution in [0.2, 0.25) is 0 Å². The van der Waals surface area contributed by atoms with Crippen molar-refractivity contribution in [2.75, 3.05) is 14.2 Å². The largest absolute Gasteiger partial charge is 0.373 e. The van der Waals surface area contributed by atoms with Gasteiger partial charge in [-0.05, 0) is 35.7 Å². The second-order valence-corrected chi connectivity index (χ2v) is 7.38. The lowest BCUT2D eigenvalue weighted by atomic mass is 9.85. The molecule has 0 aliphatic heterocycles. The van der Waals surface area contributed by atoms with Gasteiger partial charge in [-0.2, -0.15) is 0 Å². The predicted molar refractivity (Wildman–Crippen MR) is 117 cm³/mol. The van der Waals surface area contributed by atoms with E-state index < -0.39 is 11.9 Å². The van der Waals surface area contributed by atoms with Crippen LogP contribution >= 0.6 is 0 Å². The summed E-state index contributed by atoms with van der Waals surface area (Å²) >= 11 is 0.